The van der Waals surface area contributed by atoms with E-state index in [1.165, 1.54) is 5.56 Å². The fraction of sp³-hybridized carbons (Fsp3) is 0.190. The molecule has 0 radical (unpaired) electrons. The van der Waals surface area contributed by atoms with Crippen molar-refractivity contribution in [1.82, 2.24) is 19.9 Å². The van der Waals surface area contributed by atoms with E-state index in [-0.39, 0.29) is 26.8 Å². The van der Waals surface area contributed by atoms with Gasteiger partial charge >= 0.3 is 0 Å². The van der Waals surface area contributed by atoms with Gasteiger partial charge in [0.05, 0.1) is 27.5 Å². The van der Waals surface area contributed by atoms with Gasteiger partial charge in [-0.1, -0.05) is 36.2 Å². The summed E-state index contributed by atoms with van der Waals surface area (Å²) in [6.45, 7) is 21.4. The zero-order valence-corrected chi connectivity index (χ0v) is 31.2. The number of hydrogen-bond donors (Lipinski definition) is 2. The fourth-order valence-electron chi connectivity index (χ4n) is 7.00. The Morgan fingerprint density at radius 1 is 0.612 bits per heavy atom. The van der Waals surface area contributed by atoms with E-state index in [4.69, 9.17) is 19.4 Å². The van der Waals surface area contributed by atoms with Crippen LogP contribution in [0.15, 0.2) is 59.0 Å². The molecule has 8 rings (SSSR count). The number of furan rings is 1. The van der Waals surface area contributed by atoms with Crippen LogP contribution in [0.5, 0.6) is 5.75 Å². The summed E-state index contributed by atoms with van der Waals surface area (Å²) in [5.41, 5.74) is 18.2. The van der Waals surface area contributed by atoms with Crippen LogP contribution in [0.4, 0.5) is 0 Å². The number of hydrogen-bond acceptors (Lipinski definition) is 5. The van der Waals surface area contributed by atoms with Gasteiger partial charge in [0.1, 0.15) is 11.6 Å². The molecule has 4 aromatic heterocycles. The Hall–Kier alpha value is -4.93. The molecule has 0 fully saturated rings. The molecule has 7 heteroatoms. The number of phenols is 1. The largest absolute Gasteiger partial charge is 0.507 e. The number of rotatable bonds is 3. The van der Waals surface area contributed by atoms with Gasteiger partial charge < -0.3 is 14.5 Å². The van der Waals surface area contributed by atoms with Crippen molar-refractivity contribution in [3.63, 3.8) is 0 Å². The summed E-state index contributed by atoms with van der Waals surface area (Å²) in [7, 11) is 0. The van der Waals surface area contributed by atoms with Gasteiger partial charge in [-0.3, -0.25) is 0 Å². The van der Waals surface area contributed by atoms with Crippen molar-refractivity contribution in [2.75, 3.05) is 0 Å². The molecule has 49 heavy (non-hydrogen) atoms. The monoisotopic (exact) mass is 824 g/mol. The second kappa shape index (κ2) is 11.6. The molecule has 248 valence electrons. The predicted molar refractivity (Wildman–Crippen MR) is 197 cm³/mol. The molecule has 8 aromatic rings. The van der Waals surface area contributed by atoms with Gasteiger partial charge in [-0.15, -0.1) is 17.2 Å². The molecular formula is C42H37N4O2Pt-. The quantitative estimate of drug-likeness (QED) is 0.173. The van der Waals surface area contributed by atoms with Crippen LogP contribution in [0.1, 0.15) is 50.1 Å². The maximum atomic E-state index is 10.9. The molecule has 2 N–H and O–H groups in total. The summed E-state index contributed by atoms with van der Waals surface area (Å²) >= 11 is 0. The van der Waals surface area contributed by atoms with Crippen molar-refractivity contribution in [2.45, 2.75) is 55.4 Å². The van der Waals surface area contributed by atoms with Crippen LogP contribution in [0.3, 0.4) is 0 Å². The number of aromatic amines is 1. The maximum Gasteiger partial charge on any atom is 0.230 e. The van der Waals surface area contributed by atoms with Gasteiger partial charge in [0.15, 0.2) is 0 Å². The zero-order chi connectivity index (χ0) is 33.8. The number of nitrogens with zero attached hydrogens (tertiary/aromatic N) is 3. The normalized spacial score (nSPS) is 11.7. The standard InChI is InChI=1S/C42H37N4O2.Pt/c1-19-10-11-28-18-31-29-12-13-34(43-41(29)48-42(31)46-37(28)25(19)7)30-15-22(4)24(6)36(27(30)9)33-16-23(5)26(8)38-39(33)45-40(44-38)32-14-20(2)21(3)17-35(32)47;/h10-18,47H,9H2,1-8H3,(H,44,45);/q-1;. The van der Waals surface area contributed by atoms with Crippen LogP contribution >= 0.6 is 0 Å². The Morgan fingerprint density at radius 3 is 2.06 bits per heavy atom. The van der Waals surface area contributed by atoms with Crippen LogP contribution < -0.4 is 0 Å². The van der Waals surface area contributed by atoms with E-state index in [9.17, 15) is 5.11 Å². The van der Waals surface area contributed by atoms with E-state index >= 15 is 0 Å². The number of phenolic OH excluding ortho intramolecular Hbond substituents is 1. The third kappa shape index (κ3) is 4.96. The van der Waals surface area contributed by atoms with Gasteiger partial charge in [-0.25, -0.2) is 15.0 Å². The topological polar surface area (TPSA) is 87.8 Å². The summed E-state index contributed by atoms with van der Waals surface area (Å²) < 4.78 is 6.31. The summed E-state index contributed by atoms with van der Waals surface area (Å²) in [6, 6.07) is 18.7. The Labute approximate surface area is 299 Å². The minimum absolute atomic E-state index is 0. The molecule has 0 spiro atoms. The number of aromatic nitrogens is 4. The van der Waals surface area contributed by atoms with Crippen molar-refractivity contribution in [3.05, 3.63) is 112 Å². The average Bonchev–Trinajstić information content (AvgIpc) is 3.66. The number of aryl methyl sites for hydroxylation is 7. The molecule has 0 saturated carbocycles. The first-order valence-electron chi connectivity index (χ1n) is 16.3. The van der Waals surface area contributed by atoms with E-state index in [2.05, 4.69) is 95.9 Å². The molecule has 0 atom stereocenters. The van der Waals surface area contributed by atoms with Gasteiger partial charge in [-0.2, -0.15) is 12.5 Å². The van der Waals surface area contributed by atoms with E-state index in [0.717, 1.165) is 99.6 Å². The number of aromatic hydroxyl groups is 1. The summed E-state index contributed by atoms with van der Waals surface area (Å²) in [4.78, 5) is 18.6. The Morgan fingerprint density at radius 2 is 1.29 bits per heavy atom. The number of benzene rings is 4. The minimum atomic E-state index is 0. The minimum Gasteiger partial charge on any atom is -0.507 e. The molecular weight excluding hydrogens is 788 g/mol. The second-order valence-electron chi connectivity index (χ2n) is 13.4. The third-order valence-electron chi connectivity index (χ3n) is 10.5. The first-order valence-corrected chi connectivity index (χ1v) is 16.3. The molecule has 6 nitrogen and oxygen atoms in total. The molecule has 0 bridgehead atoms. The van der Waals surface area contributed by atoms with E-state index in [1.807, 2.05) is 19.9 Å². The molecule has 0 aliphatic rings. The molecule has 0 aliphatic carbocycles. The smallest absolute Gasteiger partial charge is 0.230 e. The van der Waals surface area contributed by atoms with Crippen LogP contribution in [0.25, 0.3) is 77.9 Å². The third-order valence-corrected chi connectivity index (χ3v) is 10.5. The number of fused-ring (bicyclic) bond motifs is 5. The van der Waals surface area contributed by atoms with Crippen LogP contribution in [0, 0.1) is 62.3 Å². The number of nitrogens with one attached hydrogen (secondary N) is 1. The van der Waals surface area contributed by atoms with Gasteiger partial charge in [-0.05, 0) is 118 Å². The number of H-pyrrole nitrogens is 1. The van der Waals surface area contributed by atoms with Crippen molar-refractivity contribution in [1.29, 1.82) is 0 Å². The Bertz CT molecular complexity index is 2680. The molecule has 4 heterocycles. The maximum absolute atomic E-state index is 10.9. The van der Waals surface area contributed by atoms with Crippen LogP contribution in [0.2, 0.25) is 0 Å². The second-order valence-corrected chi connectivity index (χ2v) is 13.4. The molecule has 0 aliphatic heterocycles. The van der Waals surface area contributed by atoms with Crippen molar-refractivity contribution in [2.24, 2.45) is 0 Å². The van der Waals surface area contributed by atoms with Gasteiger partial charge in [0.2, 0.25) is 11.4 Å². The average molecular weight is 825 g/mol. The summed E-state index contributed by atoms with van der Waals surface area (Å²) in [6.07, 6.45) is 0. The number of imidazole rings is 1. The fourth-order valence-corrected chi connectivity index (χ4v) is 7.00. The molecule has 0 saturated heterocycles. The summed E-state index contributed by atoms with van der Waals surface area (Å²) in [5.74, 6) is 0.848. The zero-order valence-electron chi connectivity index (χ0n) is 28.9. The first kappa shape index (κ1) is 32.6. The van der Waals surface area contributed by atoms with Gasteiger partial charge in [0, 0.05) is 37.5 Å². The van der Waals surface area contributed by atoms with Crippen molar-refractivity contribution >= 4 is 44.1 Å². The van der Waals surface area contributed by atoms with Crippen molar-refractivity contribution in [3.8, 4) is 39.5 Å². The van der Waals surface area contributed by atoms with Crippen molar-refractivity contribution < 1.29 is 30.6 Å². The van der Waals surface area contributed by atoms with Crippen LogP contribution in [-0.4, -0.2) is 25.0 Å². The Balaban J connectivity index is 0.00000378. The molecule has 4 aromatic carbocycles. The number of pyridine rings is 2. The first-order chi connectivity index (χ1) is 22.9. The Kier molecular flexibility index (Phi) is 7.72. The van der Waals surface area contributed by atoms with E-state index in [1.54, 1.807) is 6.07 Å². The van der Waals surface area contributed by atoms with Crippen LogP contribution in [-0.2, 0) is 21.1 Å². The summed E-state index contributed by atoms with van der Waals surface area (Å²) in [5, 5.41) is 13.9. The predicted octanol–water partition coefficient (Wildman–Crippen LogP) is 10.8. The molecule has 0 unspecified atom stereocenters. The van der Waals surface area contributed by atoms with Gasteiger partial charge in [0.25, 0.3) is 0 Å². The molecule has 0 amide bonds. The van der Waals surface area contributed by atoms with E-state index in [0.29, 0.717) is 22.8 Å². The van der Waals surface area contributed by atoms with E-state index < -0.39 is 0 Å². The SMILES string of the molecule is [CH2-]c1c(-c2ccc3c(n2)oc2nc4c(C)c(C)ccc4cc23)cc(C)c(C)c1-c1cc(C)c(C)c2[nH]c(-c3cc(C)c(C)cc3O)nc12.[Pt].